The van der Waals surface area contributed by atoms with E-state index in [2.05, 4.69) is 179 Å². The molecule has 12 aromatic rings. The molecule has 0 atom stereocenters. The van der Waals surface area contributed by atoms with Crippen LogP contribution in [0.3, 0.4) is 0 Å². The first kappa shape index (κ1) is 27.6. The van der Waals surface area contributed by atoms with Crippen molar-refractivity contribution in [1.82, 2.24) is 9.13 Å². The molecule has 1 aliphatic carbocycles. The van der Waals surface area contributed by atoms with Crippen molar-refractivity contribution < 1.29 is 4.42 Å². The van der Waals surface area contributed by atoms with Crippen LogP contribution in [0.5, 0.6) is 0 Å². The van der Waals surface area contributed by atoms with E-state index in [1.165, 1.54) is 93.1 Å². The van der Waals surface area contributed by atoms with Crippen LogP contribution in [-0.2, 0) is 0 Å². The number of furan rings is 1. The topological polar surface area (TPSA) is 23.0 Å². The van der Waals surface area contributed by atoms with Crippen molar-refractivity contribution in [3.63, 3.8) is 0 Å². The molecule has 0 unspecified atom stereocenters. The molecule has 0 fully saturated rings. The molecule has 0 bridgehead atoms. The van der Waals surface area contributed by atoms with Gasteiger partial charge < -0.3 is 13.6 Å². The maximum absolute atomic E-state index is 6.43. The second-order valence-electron chi connectivity index (χ2n) is 14.5. The van der Waals surface area contributed by atoms with Crippen LogP contribution in [-0.4, -0.2) is 9.13 Å². The van der Waals surface area contributed by atoms with Crippen LogP contribution in [0.15, 0.2) is 174 Å². The summed E-state index contributed by atoms with van der Waals surface area (Å²) in [6.45, 7) is 0. The Morgan fingerprint density at radius 1 is 0.321 bits per heavy atom. The van der Waals surface area contributed by atoms with Gasteiger partial charge in [-0.3, -0.25) is 0 Å². The second-order valence-corrected chi connectivity index (χ2v) is 14.5. The van der Waals surface area contributed by atoms with Crippen LogP contribution in [0.25, 0.3) is 121 Å². The fourth-order valence-corrected chi connectivity index (χ4v) is 9.54. The molecule has 3 aromatic heterocycles. The van der Waals surface area contributed by atoms with Gasteiger partial charge in [-0.15, -0.1) is 0 Å². The Balaban J connectivity index is 1.12. The Bertz CT molecular complexity index is 3540. The summed E-state index contributed by atoms with van der Waals surface area (Å²) >= 11 is 0. The normalized spacial score (nSPS) is 12.5. The Labute approximate surface area is 303 Å². The molecule has 0 saturated carbocycles. The second kappa shape index (κ2) is 9.81. The van der Waals surface area contributed by atoms with Crippen LogP contribution in [0.4, 0.5) is 0 Å². The van der Waals surface area contributed by atoms with E-state index in [4.69, 9.17) is 4.42 Å². The number of fused-ring (bicyclic) bond motifs is 5. The largest absolute Gasteiger partial charge is 0.456 e. The Morgan fingerprint density at radius 2 is 0.887 bits per heavy atom. The molecule has 53 heavy (non-hydrogen) atoms. The van der Waals surface area contributed by atoms with Crippen molar-refractivity contribution in [2.45, 2.75) is 0 Å². The lowest BCUT2D eigenvalue weighted by atomic mass is 9.98. The van der Waals surface area contributed by atoms with Crippen LogP contribution >= 0.6 is 0 Å². The minimum atomic E-state index is 0.906. The predicted octanol–water partition coefficient (Wildman–Crippen LogP) is 13.7. The molecule has 3 heteroatoms. The Hall–Kier alpha value is -7.10. The molecule has 1 aliphatic rings. The number of aromatic nitrogens is 2. The summed E-state index contributed by atoms with van der Waals surface area (Å²) in [6.07, 6.45) is 0. The summed E-state index contributed by atoms with van der Waals surface area (Å²) in [6, 6.07) is 62.2. The first-order valence-electron chi connectivity index (χ1n) is 18.3. The van der Waals surface area contributed by atoms with Gasteiger partial charge in [-0.2, -0.15) is 0 Å². The van der Waals surface area contributed by atoms with E-state index in [9.17, 15) is 0 Å². The van der Waals surface area contributed by atoms with Gasteiger partial charge in [0.1, 0.15) is 11.2 Å². The number of hydrogen-bond donors (Lipinski definition) is 0. The zero-order chi connectivity index (χ0) is 34.4. The molecule has 244 valence electrons. The average Bonchev–Trinajstić information content (AvgIpc) is 3.84. The van der Waals surface area contributed by atoms with Crippen molar-refractivity contribution in [2.75, 3.05) is 0 Å². The van der Waals surface area contributed by atoms with Crippen LogP contribution < -0.4 is 0 Å². The van der Waals surface area contributed by atoms with Gasteiger partial charge in [0, 0.05) is 49.1 Å². The summed E-state index contributed by atoms with van der Waals surface area (Å²) in [5.74, 6) is 0. The molecule has 3 nitrogen and oxygen atoms in total. The third-order valence-electron chi connectivity index (χ3n) is 11.8. The number of hydrogen-bond acceptors (Lipinski definition) is 1. The van der Waals surface area contributed by atoms with Crippen molar-refractivity contribution >= 4 is 87.1 Å². The quantitative estimate of drug-likeness (QED) is 0.183. The minimum Gasteiger partial charge on any atom is -0.456 e. The van der Waals surface area contributed by atoms with E-state index in [0.717, 1.165) is 27.6 Å². The highest BCUT2D eigenvalue weighted by atomic mass is 16.3. The molecule has 0 spiro atoms. The maximum atomic E-state index is 6.43. The van der Waals surface area contributed by atoms with Gasteiger partial charge in [0.15, 0.2) is 0 Å². The lowest BCUT2D eigenvalue weighted by Crippen LogP contribution is -1.94. The number of benzene rings is 9. The summed E-state index contributed by atoms with van der Waals surface area (Å²) in [4.78, 5) is 0. The lowest BCUT2D eigenvalue weighted by molar-refractivity contribution is 0.669. The van der Waals surface area contributed by atoms with E-state index in [0.29, 0.717) is 0 Å². The van der Waals surface area contributed by atoms with E-state index in [1.807, 2.05) is 0 Å². The highest BCUT2D eigenvalue weighted by Crippen LogP contribution is 2.51. The van der Waals surface area contributed by atoms with Crippen molar-refractivity contribution in [2.24, 2.45) is 0 Å². The lowest BCUT2D eigenvalue weighted by Gasteiger charge is -2.11. The standard InChI is InChI=1S/C50H28N2O/c1-2-8-29(9-3-1)30-16-20-34(21-17-30)51-40-14-6-12-36-37-13-7-15-41-48(37)50-43(24-19-31-18-23-42(51)49(46(31)50)47(36)40)52(41)35-22-25-44-39(28-35)38-26-32-10-4-5-11-33(32)27-45(38)53-44/h1-28H. The smallest absolute Gasteiger partial charge is 0.136 e. The van der Waals surface area contributed by atoms with E-state index >= 15 is 0 Å². The first-order valence-corrected chi connectivity index (χ1v) is 18.3. The zero-order valence-electron chi connectivity index (χ0n) is 28.5. The fraction of sp³-hybridized carbons (Fsp3) is 0. The number of rotatable bonds is 3. The highest BCUT2D eigenvalue weighted by molar-refractivity contribution is 6.38. The molecule has 3 heterocycles. The SMILES string of the molecule is c1ccc(-c2ccc(-n3c4cccc5c4c4c6c(ccc43)ccc3c6c4c-5cccc4n3-c3ccc4oc5cc6ccccc6cc5c4c3)cc2)cc1. The predicted molar refractivity (Wildman–Crippen MR) is 222 cm³/mol. The summed E-state index contributed by atoms with van der Waals surface area (Å²) in [5.41, 5.74) is 14.0. The van der Waals surface area contributed by atoms with E-state index in [1.54, 1.807) is 0 Å². The fourth-order valence-electron chi connectivity index (χ4n) is 9.54. The third-order valence-corrected chi connectivity index (χ3v) is 11.8. The van der Waals surface area contributed by atoms with Gasteiger partial charge in [0.05, 0.1) is 22.1 Å². The summed E-state index contributed by atoms with van der Waals surface area (Å²) in [5, 5.41) is 12.5. The molecule has 0 radical (unpaired) electrons. The van der Waals surface area contributed by atoms with Crippen molar-refractivity contribution in [1.29, 1.82) is 0 Å². The Morgan fingerprint density at radius 3 is 1.58 bits per heavy atom. The van der Waals surface area contributed by atoms with Gasteiger partial charge in [0.25, 0.3) is 0 Å². The molecule has 9 aromatic carbocycles. The molecule has 13 rings (SSSR count). The van der Waals surface area contributed by atoms with Crippen molar-refractivity contribution in [3.05, 3.63) is 170 Å². The van der Waals surface area contributed by atoms with E-state index < -0.39 is 0 Å². The molecule has 0 saturated heterocycles. The zero-order valence-corrected chi connectivity index (χ0v) is 28.5. The monoisotopic (exact) mass is 672 g/mol. The summed E-state index contributed by atoms with van der Waals surface area (Å²) in [7, 11) is 0. The third kappa shape index (κ3) is 3.53. The average molecular weight is 673 g/mol. The van der Waals surface area contributed by atoms with Crippen LogP contribution in [0.1, 0.15) is 0 Å². The minimum absolute atomic E-state index is 0.906. The van der Waals surface area contributed by atoms with Gasteiger partial charge in [-0.05, 0) is 105 Å². The molecular formula is C50H28N2O. The van der Waals surface area contributed by atoms with Gasteiger partial charge in [-0.1, -0.05) is 103 Å². The van der Waals surface area contributed by atoms with Crippen LogP contribution in [0, 0.1) is 0 Å². The molecular weight excluding hydrogens is 645 g/mol. The van der Waals surface area contributed by atoms with Gasteiger partial charge >= 0.3 is 0 Å². The van der Waals surface area contributed by atoms with Crippen LogP contribution in [0.2, 0.25) is 0 Å². The molecule has 0 N–H and O–H groups in total. The number of nitrogens with zero attached hydrogens (tertiary/aromatic N) is 2. The van der Waals surface area contributed by atoms with Gasteiger partial charge in [0.2, 0.25) is 0 Å². The van der Waals surface area contributed by atoms with Gasteiger partial charge in [-0.25, -0.2) is 0 Å². The maximum Gasteiger partial charge on any atom is 0.136 e. The Kier molecular flexibility index (Phi) is 5.11. The van der Waals surface area contributed by atoms with Crippen molar-refractivity contribution in [3.8, 4) is 33.6 Å². The van der Waals surface area contributed by atoms with E-state index in [-0.39, 0.29) is 0 Å². The molecule has 0 aliphatic heterocycles. The highest BCUT2D eigenvalue weighted by Gasteiger charge is 2.27. The summed E-state index contributed by atoms with van der Waals surface area (Å²) < 4.78 is 11.4. The molecule has 0 amide bonds. The first-order chi connectivity index (χ1) is 26.3.